The maximum absolute atomic E-state index is 10.8. The Morgan fingerprint density at radius 3 is 2.81 bits per heavy atom. The highest BCUT2D eigenvalue weighted by molar-refractivity contribution is 5.81. The number of nitrogen functional groups attached to an aromatic ring is 2. The summed E-state index contributed by atoms with van der Waals surface area (Å²) in [4.78, 5) is 10.8. The van der Waals surface area contributed by atoms with E-state index in [9.17, 15) is 4.79 Å². The molecule has 0 unspecified atom stereocenters. The third-order valence-corrected chi connectivity index (χ3v) is 2.17. The van der Waals surface area contributed by atoms with Gasteiger partial charge in [0.05, 0.1) is 6.61 Å². The van der Waals surface area contributed by atoms with Gasteiger partial charge in [0.2, 0.25) is 0 Å². The van der Waals surface area contributed by atoms with Crippen LogP contribution >= 0.6 is 0 Å². The number of ether oxygens (including phenoxy) is 1. The molecule has 86 valence electrons. The van der Waals surface area contributed by atoms with Crippen molar-refractivity contribution in [3.63, 3.8) is 0 Å². The molecule has 0 heterocycles. The van der Waals surface area contributed by atoms with Gasteiger partial charge in [0.1, 0.15) is 0 Å². The zero-order valence-corrected chi connectivity index (χ0v) is 9.11. The molecule has 1 aromatic carbocycles. The van der Waals surface area contributed by atoms with Crippen LogP contribution in [-0.4, -0.2) is 12.6 Å². The summed E-state index contributed by atoms with van der Waals surface area (Å²) in [5, 5.41) is 0. The Bertz CT molecular complexity index is 389. The molecule has 0 aliphatic rings. The van der Waals surface area contributed by atoms with E-state index >= 15 is 0 Å². The van der Waals surface area contributed by atoms with E-state index in [0.29, 0.717) is 18.0 Å². The third kappa shape index (κ3) is 3.65. The van der Waals surface area contributed by atoms with E-state index in [1.165, 1.54) is 0 Å². The number of carbonyl (C=O) groups is 1. The zero-order valence-electron chi connectivity index (χ0n) is 9.11. The summed E-state index contributed by atoms with van der Waals surface area (Å²) in [6.07, 6.45) is 2.64. The molecule has 0 bridgehead atoms. The topological polar surface area (TPSA) is 78.3 Å². The Kier molecular flexibility index (Phi) is 4.39. The van der Waals surface area contributed by atoms with Crippen LogP contribution in [0.2, 0.25) is 0 Å². The molecule has 0 radical (unpaired) electrons. The fourth-order valence-electron chi connectivity index (χ4n) is 1.34. The third-order valence-electron chi connectivity index (χ3n) is 2.17. The number of aryl methyl sites for hydroxylation is 1. The SMILES string of the molecule is C=CC(=O)OCCCc1ccc(N)cc1N. The van der Waals surface area contributed by atoms with Gasteiger partial charge in [0.25, 0.3) is 0 Å². The minimum Gasteiger partial charge on any atom is -0.463 e. The molecular formula is C12H16N2O2. The van der Waals surface area contributed by atoms with E-state index in [1.54, 1.807) is 12.1 Å². The van der Waals surface area contributed by atoms with Gasteiger partial charge in [-0.15, -0.1) is 0 Å². The second-order valence-electron chi connectivity index (χ2n) is 3.43. The molecule has 4 heteroatoms. The molecule has 0 spiro atoms. The summed E-state index contributed by atoms with van der Waals surface area (Å²) in [5.41, 5.74) is 13.7. The Morgan fingerprint density at radius 1 is 1.44 bits per heavy atom. The van der Waals surface area contributed by atoms with Crippen LogP contribution in [0.4, 0.5) is 11.4 Å². The van der Waals surface area contributed by atoms with Gasteiger partial charge in [-0.05, 0) is 30.5 Å². The molecule has 1 aromatic rings. The zero-order chi connectivity index (χ0) is 12.0. The first-order valence-corrected chi connectivity index (χ1v) is 5.06. The van der Waals surface area contributed by atoms with E-state index in [0.717, 1.165) is 24.5 Å². The van der Waals surface area contributed by atoms with E-state index in [1.807, 2.05) is 6.07 Å². The standard InChI is InChI=1S/C12H16N2O2/c1-2-12(15)16-7-3-4-9-5-6-10(13)8-11(9)14/h2,5-6,8H,1,3-4,7,13-14H2. The number of esters is 1. The number of nitrogens with two attached hydrogens (primary N) is 2. The lowest BCUT2D eigenvalue weighted by atomic mass is 10.1. The van der Waals surface area contributed by atoms with Crippen LogP contribution in [0.1, 0.15) is 12.0 Å². The lowest BCUT2D eigenvalue weighted by Crippen LogP contribution is -2.04. The van der Waals surface area contributed by atoms with Crippen molar-refractivity contribution in [3.8, 4) is 0 Å². The number of hydrogen-bond donors (Lipinski definition) is 2. The Balaban J connectivity index is 2.37. The molecule has 16 heavy (non-hydrogen) atoms. The molecule has 0 aromatic heterocycles. The Labute approximate surface area is 94.9 Å². The monoisotopic (exact) mass is 220 g/mol. The minimum absolute atomic E-state index is 0.370. The second-order valence-corrected chi connectivity index (χ2v) is 3.43. The normalized spacial score (nSPS) is 9.75. The van der Waals surface area contributed by atoms with Crippen LogP contribution in [-0.2, 0) is 16.0 Å². The molecule has 0 aliphatic carbocycles. The molecule has 0 saturated heterocycles. The van der Waals surface area contributed by atoms with Gasteiger partial charge in [-0.25, -0.2) is 4.79 Å². The van der Waals surface area contributed by atoms with E-state index in [2.05, 4.69) is 6.58 Å². The summed E-state index contributed by atoms with van der Waals surface area (Å²) >= 11 is 0. The predicted octanol–water partition coefficient (Wildman–Crippen LogP) is 1.51. The van der Waals surface area contributed by atoms with Crippen LogP contribution < -0.4 is 11.5 Å². The number of rotatable bonds is 5. The fraction of sp³-hybridized carbons (Fsp3) is 0.250. The first-order valence-electron chi connectivity index (χ1n) is 5.06. The highest BCUT2D eigenvalue weighted by atomic mass is 16.5. The van der Waals surface area contributed by atoms with Crippen LogP contribution in [0, 0.1) is 0 Å². The van der Waals surface area contributed by atoms with Crippen LogP contribution in [0.15, 0.2) is 30.9 Å². The number of hydrogen-bond acceptors (Lipinski definition) is 4. The van der Waals surface area contributed by atoms with Gasteiger partial charge in [0, 0.05) is 17.5 Å². The second kappa shape index (κ2) is 5.80. The predicted molar refractivity (Wildman–Crippen MR) is 64.7 cm³/mol. The van der Waals surface area contributed by atoms with Gasteiger partial charge in [-0.2, -0.15) is 0 Å². The van der Waals surface area contributed by atoms with Crippen molar-refractivity contribution >= 4 is 17.3 Å². The highest BCUT2D eigenvalue weighted by Crippen LogP contribution is 2.17. The molecule has 0 fully saturated rings. The van der Waals surface area contributed by atoms with Crippen LogP contribution in [0.5, 0.6) is 0 Å². The van der Waals surface area contributed by atoms with Gasteiger partial charge in [-0.1, -0.05) is 12.6 Å². The Morgan fingerprint density at radius 2 is 2.19 bits per heavy atom. The fourth-order valence-corrected chi connectivity index (χ4v) is 1.34. The van der Waals surface area contributed by atoms with E-state index in [4.69, 9.17) is 16.2 Å². The molecule has 0 aliphatic heterocycles. The van der Waals surface area contributed by atoms with Crippen molar-refractivity contribution in [3.05, 3.63) is 36.4 Å². The average molecular weight is 220 g/mol. The summed E-state index contributed by atoms with van der Waals surface area (Å²) in [7, 11) is 0. The average Bonchev–Trinajstić information content (AvgIpc) is 2.26. The maximum Gasteiger partial charge on any atom is 0.330 e. The van der Waals surface area contributed by atoms with Crippen molar-refractivity contribution in [2.45, 2.75) is 12.8 Å². The maximum atomic E-state index is 10.8. The quantitative estimate of drug-likeness (QED) is 0.341. The largest absolute Gasteiger partial charge is 0.463 e. The van der Waals surface area contributed by atoms with E-state index < -0.39 is 5.97 Å². The number of anilines is 2. The molecule has 1 rings (SSSR count). The summed E-state index contributed by atoms with van der Waals surface area (Å²) in [6.45, 7) is 3.68. The lowest BCUT2D eigenvalue weighted by molar-refractivity contribution is -0.137. The van der Waals surface area contributed by atoms with Crippen molar-refractivity contribution in [2.24, 2.45) is 0 Å². The summed E-state index contributed by atoms with van der Waals surface area (Å²) in [6, 6.07) is 5.42. The molecule has 0 saturated carbocycles. The van der Waals surface area contributed by atoms with Gasteiger partial charge in [0.15, 0.2) is 0 Å². The highest BCUT2D eigenvalue weighted by Gasteiger charge is 2.00. The summed E-state index contributed by atoms with van der Waals surface area (Å²) < 4.78 is 4.85. The van der Waals surface area contributed by atoms with Crippen molar-refractivity contribution in [1.82, 2.24) is 0 Å². The van der Waals surface area contributed by atoms with Gasteiger partial charge < -0.3 is 16.2 Å². The number of benzene rings is 1. The first kappa shape index (κ1) is 12.1. The smallest absolute Gasteiger partial charge is 0.330 e. The van der Waals surface area contributed by atoms with Crippen molar-refractivity contribution < 1.29 is 9.53 Å². The molecule has 0 atom stereocenters. The van der Waals surface area contributed by atoms with Crippen LogP contribution in [0.25, 0.3) is 0 Å². The minimum atomic E-state index is -0.398. The Hall–Kier alpha value is -1.97. The molecule has 0 amide bonds. The molecule has 4 N–H and O–H groups in total. The van der Waals surface area contributed by atoms with Crippen LogP contribution in [0.3, 0.4) is 0 Å². The van der Waals surface area contributed by atoms with Crippen molar-refractivity contribution in [1.29, 1.82) is 0 Å². The molecule has 4 nitrogen and oxygen atoms in total. The van der Waals surface area contributed by atoms with Gasteiger partial charge in [-0.3, -0.25) is 0 Å². The first-order chi connectivity index (χ1) is 7.63. The van der Waals surface area contributed by atoms with Crippen molar-refractivity contribution in [2.75, 3.05) is 18.1 Å². The number of carbonyl (C=O) groups excluding carboxylic acids is 1. The lowest BCUT2D eigenvalue weighted by Gasteiger charge is -2.06. The molecular weight excluding hydrogens is 204 g/mol. The van der Waals surface area contributed by atoms with Gasteiger partial charge >= 0.3 is 5.97 Å². The summed E-state index contributed by atoms with van der Waals surface area (Å²) in [5.74, 6) is -0.398. The van der Waals surface area contributed by atoms with E-state index in [-0.39, 0.29) is 0 Å².